The first-order chi connectivity index (χ1) is 22.3. The van der Waals surface area contributed by atoms with Crippen LogP contribution in [0.3, 0.4) is 0 Å². The Bertz CT molecular complexity index is 2460. The molecule has 0 bridgehead atoms. The molecular weight excluding hydrogens is 550 g/mol. The second-order valence-electron chi connectivity index (χ2n) is 11.2. The van der Waals surface area contributed by atoms with E-state index in [4.69, 9.17) is 19.4 Å². The molecule has 9 rings (SSSR count). The molecule has 0 radical (unpaired) electrons. The van der Waals surface area contributed by atoms with Crippen molar-refractivity contribution in [3.05, 3.63) is 152 Å². The molecule has 4 nitrogen and oxygen atoms in total. The molecule has 0 atom stereocenters. The first-order valence-corrected chi connectivity index (χ1v) is 15.0. The van der Waals surface area contributed by atoms with E-state index in [0.717, 1.165) is 82.9 Å². The SMILES string of the molecule is c1ccc(-c2cc(-c3cccc4c3nc(-c3ccccc3)c3ccc5oc6ccccc6c5c34)nc(-c3ccccc3)n2)cc1. The normalized spacial score (nSPS) is 11.6. The molecule has 0 aliphatic carbocycles. The fourth-order valence-electron chi connectivity index (χ4n) is 6.41. The summed E-state index contributed by atoms with van der Waals surface area (Å²) in [6, 6.07) is 51.8. The van der Waals surface area contributed by atoms with Crippen molar-refractivity contribution in [2.24, 2.45) is 0 Å². The van der Waals surface area contributed by atoms with Crippen molar-refractivity contribution in [3.63, 3.8) is 0 Å². The molecular formula is C41H25N3O. The van der Waals surface area contributed by atoms with Crippen LogP contribution in [0.25, 0.3) is 88.8 Å². The van der Waals surface area contributed by atoms with Crippen molar-refractivity contribution >= 4 is 43.6 Å². The number of fused-ring (bicyclic) bond motifs is 7. The molecule has 0 saturated carbocycles. The topological polar surface area (TPSA) is 51.8 Å². The fraction of sp³-hybridized carbons (Fsp3) is 0. The van der Waals surface area contributed by atoms with Crippen molar-refractivity contribution in [1.29, 1.82) is 0 Å². The molecule has 0 spiro atoms. The molecule has 4 heteroatoms. The van der Waals surface area contributed by atoms with Crippen molar-refractivity contribution < 1.29 is 4.42 Å². The summed E-state index contributed by atoms with van der Waals surface area (Å²) in [5.74, 6) is 0.677. The number of aromatic nitrogens is 3. The van der Waals surface area contributed by atoms with Crippen LogP contribution in [-0.4, -0.2) is 15.0 Å². The van der Waals surface area contributed by atoms with E-state index in [1.54, 1.807) is 0 Å². The van der Waals surface area contributed by atoms with E-state index in [1.165, 1.54) is 0 Å². The maximum absolute atomic E-state index is 6.36. The van der Waals surface area contributed by atoms with E-state index in [2.05, 4.69) is 97.1 Å². The lowest BCUT2D eigenvalue weighted by molar-refractivity contribution is 0.669. The predicted molar refractivity (Wildman–Crippen MR) is 184 cm³/mol. The Hall–Kier alpha value is -6.13. The van der Waals surface area contributed by atoms with E-state index in [1.807, 2.05) is 54.6 Å². The first-order valence-electron chi connectivity index (χ1n) is 15.0. The summed E-state index contributed by atoms with van der Waals surface area (Å²) < 4.78 is 6.36. The molecule has 0 unspecified atom stereocenters. The summed E-state index contributed by atoms with van der Waals surface area (Å²) in [6.45, 7) is 0. The van der Waals surface area contributed by atoms with Gasteiger partial charge >= 0.3 is 0 Å². The minimum Gasteiger partial charge on any atom is -0.456 e. The number of furan rings is 1. The number of pyridine rings is 1. The summed E-state index contributed by atoms with van der Waals surface area (Å²) in [5, 5.41) is 5.46. The minimum absolute atomic E-state index is 0.677. The summed E-state index contributed by atoms with van der Waals surface area (Å²) in [6.07, 6.45) is 0. The molecule has 0 fully saturated rings. The standard InChI is InChI=1S/C41H25N3O/c1-4-13-26(14-5-1)33-25-34(43-41(42-33)28-17-8-3-9-18-28)29-20-12-21-31-37-32(39(44-40(29)31)27-15-6-2-7-16-27)23-24-36-38(37)30-19-10-11-22-35(30)45-36/h1-25H. The van der Waals surface area contributed by atoms with Gasteiger partial charge in [-0.1, -0.05) is 127 Å². The van der Waals surface area contributed by atoms with Gasteiger partial charge in [-0.05, 0) is 24.3 Å². The smallest absolute Gasteiger partial charge is 0.160 e. The van der Waals surface area contributed by atoms with E-state index >= 15 is 0 Å². The van der Waals surface area contributed by atoms with Gasteiger partial charge in [-0.2, -0.15) is 0 Å². The van der Waals surface area contributed by atoms with E-state index in [0.29, 0.717) is 5.82 Å². The van der Waals surface area contributed by atoms with Crippen molar-refractivity contribution in [2.45, 2.75) is 0 Å². The van der Waals surface area contributed by atoms with E-state index in [-0.39, 0.29) is 0 Å². The van der Waals surface area contributed by atoms with Gasteiger partial charge < -0.3 is 4.42 Å². The molecule has 3 heterocycles. The lowest BCUT2D eigenvalue weighted by Crippen LogP contribution is -1.98. The van der Waals surface area contributed by atoms with Gasteiger partial charge in [0.2, 0.25) is 0 Å². The Morgan fingerprint density at radius 1 is 0.400 bits per heavy atom. The lowest BCUT2D eigenvalue weighted by Gasteiger charge is -2.15. The zero-order chi connectivity index (χ0) is 29.7. The lowest BCUT2D eigenvalue weighted by atomic mass is 9.94. The van der Waals surface area contributed by atoms with Gasteiger partial charge in [0.15, 0.2) is 5.82 Å². The highest BCUT2D eigenvalue weighted by Gasteiger charge is 2.20. The Balaban J connectivity index is 1.42. The maximum Gasteiger partial charge on any atom is 0.160 e. The van der Waals surface area contributed by atoms with Gasteiger partial charge in [0.1, 0.15) is 11.2 Å². The number of benzene rings is 6. The van der Waals surface area contributed by atoms with Gasteiger partial charge in [-0.3, -0.25) is 0 Å². The molecule has 45 heavy (non-hydrogen) atoms. The molecule has 210 valence electrons. The molecule has 0 aliphatic heterocycles. The number of nitrogens with zero attached hydrogens (tertiary/aromatic N) is 3. The third kappa shape index (κ3) is 4.19. The molecule has 0 N–H and O–H groups in total. The molecule has 0 amide bonds. The van der Waals surface area contributed by atoms with E-state index < -0.39 is 0 Å². The first kappa shape index (κ1) is 25.4. The number of para-hydroxylation sites is 2. The van der Waals surface area contributed by atoms with E-state index in [9.17, 15) is 0 Å². The quantitative estimate of drug-likeness (QED) is 0.196. The summed E-state index contributed by atoms with van der Waals surface area (Å²) in [7, 11) is 0. The Morgan fingerprint density at radius 3 is 1.82 bits per heavy atom. The molecule has 0 aliphatic rings. The van der Waals surface area contributed by atoms with Crippen LogP contribution in [0.4, 0.5) is 0 Å². The third-order valence-electron chi connectivity index (χ3n) is 8.48. The minimum atomic E-state index is 0.677. The monoisotopic (exact) mass is 575 g/mol. The Kier molecular flexibility index (Phi) is 5.78. The van der Waals surface area contributed by atoms with Gasteiger partial charge in [-0.25, -0.2) is 15.0 Å². The highest BCUT2D eigenvalue weighted by molar-refractivity contribution is 6.29. The van der Waals surface area contributed by atoms with Gasteiger partial charge in [0, 0.05) is 49.2 Å². The van der Waals surface area contributed by atoms with Crippen LogP contribution in [0.5, 0.6) is 0 Å². The molecule has 9 aromatic rings. The Labute approximate surface area is 259 Å². The van der Waals surface area contributed by atoms with Crippen molar-refractivity contribution in [1.82, 2.24) is 15.0 Å². The molecule has 0 saturated heterocycles. The summed E-state index contributed by atoms with van der Waals surface area (Å²) >= 11 is 0. The number of rotatable bonds is 4. The average Bonchev–Trinajstić information content (AvgIpc) is 3.51. The van der Waals surface area contributed by atoms with Gasteiger partial charge in [0.05, 0.1) is 22.6 Å². The van der Waals surface area contributed by atoms with Crippen LogP contribution in [0.1, 0.15) is 0 Å². The van der Waals surface area contributed by atoms with Crippen LogP contribution < -0.4 is 0 Å². The second-order valence-corrected chi connectivity index (χ2v) is 11.2. The van der Waals surface area contributed by atoms with Crippen LogP contribution in [0, 0.1) is 0 Å². The second kappa shape index (κ2) is 10.2. The van der Waals surface area contributed by atoms with Crippen LogP contribution in [0.2, 0.25) is 0 Å². The maximum atomic E-state index is 6.36. The van der Waals surface area contributed by atoms with Crippen molar-refractivity contribution in [2.75, 3.05) is 0 Å². The number of hydrogen-bond donors (Lipinski definition) is 0. The zero-order valence-corrected chi connectivity index (χ0v) is 24.2. The highest BCUT2D eigenvalue weighted by atomic mass is 16.3. The largest absolute Gasteiger partial charge is 0.456 e. The zero-order valence-electron chi connectivity index (χ0n) is 24.2. The average molecular weight is 576 g/mol. The van der Waals surface area contributed by atoms with Crippen LogP contribution in [-0.2, 0) is 0 Å². The molecule has 3 aromatic heterocycles. The van der Waals surface area contributed by atoms with Crippen LogP contribution >= 0.6 is 0 Å². The summed E-state index contributed by atoms with van der Waals surface area (Å²) in [5.41, 5.74) is 9.25. The molecule has 6 aromatic carbocycles. The fourth-order valence-corrected chi connectivity index (χ4v) is 6.41. The third-order valence-corrected chi connectivity index (χ3v) is 8.48. The highest BCUT2D eigenvalue weighted by Crippen LogP contribution is 2.43. The van der Waals surface area contributed by atoms with Crippen LogP contribution in [0.15, 0.2) is 156 Å². The predicted octanol–water partition coefficient (Wildman–Crippen LogP) is 10.7. The number of hydrogen-bond acceptors (Lipinski definition) is 4. The Morgan fingerprint density at radius 2 is 1.04 bits per heavy atom. The summed E-state index contributed by atoms with van der Waals surface area (Å²) in [4.78, 5) is 15.6. The van der Waals surface area contributed by atoms with Crippen molar-refractivity contribution in [3.8, 4) is 45.2 Å². The van der Waals surface area contributed by atoms with Gasteiger partial charge in [0.25, 0.3) is 0 Å². The van der Waals surface area contributed by atoms with Gasteiger partial charge in [-0.15, -0.1) is 0 Å².